The van der Waals surface area contributed by atoms with Crippen molar-refractivity contribution < 1.29 is 0 Å². The molecule has 4 nitrogen and oxygen atoms in total. The summed E-state index contributed by atoms with van der Waals surface area (Å²) in [6.45, 7) is 10.6. The average Bonchev–Trinajstić information content (AvgIpc) is 2.58. The fraction of sp³-hybridized carbons (Fsp3) is 0.688. The third kappa shape index (κ3) is 4.56. The van der Waals surface area contributed by atoms with Gasteiger partial charge in [0.05, 0.1) is 5.02 Å². The number of hydrogen-bond acceptors (Lipinski definition) is 4. The van der Waals surface area contributed by atoms with E-state index in [1.807, 2.05) is 0 Å². The lowest BCUT2D eigenvalue weighted by atomic mass is 10.2. The van der Waals surface area contributed by atoms with E-state index < -0.39 is 0 Å². The summed E-state index contributed by atoms with van der Waals surface area (Å²) in [5.74, 6) is 1.04. The van der Waals surface area contributed by atoms with Crippen LogP contribution in [0.3, 0.4) is 0 Å². The van der Waals surface area contributed by atoms with Crippen molar-refractivity contribution in [2.45, 2.75) is 45.8 Å². The first-order valence-electron chi connectivity index (χ1n) is 7.80. The lowest BCUT2D eigenvalue weighted by molar-refractivity contribution is 0.337. The lowest BCUT2D eigenvalue weighted by Crippen LogP contribution is -2.38. The second-order valence-corrected chi connectivity index (χ2v) is 6.73. The van der Waals surface area contributed by atoms with E-state index in [4.69, 9.17) is 11.6 Å². The molecule has 21 heavy (non-hydrogen) atoms. The predicted octanol–water partition coefficient (Wildman–Crippen LogP) is 2.76. The Labute approximate surface area is 133 Å². The summed E-state index contributed by atoms with van der Waals surface area (Å²) >= 11 is 6.28. The molecule has 1 aromatic rings. The maximum Gasteiger partial charge on any atom is 0.129 e. The van der Waals surface area contributed by atoms with Gasteiger partial charge < -0.3 is 15.1 Å². The Kier molecular flexibility index (Phi) is 5.85. The van der Waals surface area contributed by atoms with Crippen molar-refractivity contribution in [3.8, 4) is 0 Å². The summed E-state index contributed by atoms with van der Waals surface area (Å²) in [6.07, 6.45) is 2.96. The van der Waals surface area contributed by atoms with Gasteiger partial charge in [0.2, 0.25) is 0 Å². The van der Waals surface area contributed by atoms with Gasteiger partial charge in [0, 0.05) is 37.9 Å². The Morgan fingerprint density at radius 3 is 2.90 bits per heavy atom. The summed E-state index contributed by atoms with van der Waals surface area (Å²) in [4.78, 5) is 9.35. The summed E-state index contributed by atoms with van der Waals surface area (Å²) in [6, 6.07) is 3.06. The van der Waals surface area contributed by atoms with Crippen LogP contribution in [0.4, 0.5) is 5.82 Å². The van der Waals surface area contributed by atoms with Crippen LogP contribution in [0.2, 0.25) is 5.02 Å². The second-order valence-electron chi connectivity index (χ2n) is 6.33. The molecule has 0 spiro atoms. The zero-order valence-electron chi connectivity index (χ0n) is 13.6. The molecule has 1 aromatic heterocycles. The SMILES string of the molecule is CC(C)NCc1cc(N2CCCN(C)CC2C)ncc1Cl. The maximum atomic E-state index is 6.28. The molecule has 0 radical (unpaired) electrons. The number of anilines is 1. The minimum absolute atomic E-state index is 0.448. The predicted molar refractivity (Wildman–Crippen MR) is 90.1 cm³/mol. The number of hydrogen-bond donors (Lipinski definition) is 1. The number of likely N-dealkylation sites (N-methyl/N-ethyl adjacent to an activating group) is 1. The van der Waals surface area contributed by atoms with E-state index in [1.165, 1.54) is 6.42 Å². The highest BCUT2D eigenvalue weighted by Crippen LogP contribution is 2.23. The molecule has 118 valence electrons. The number of nitrogens with one attached hydrogen (secondary N) is 1. The van der Waals surface area contributed by atoms with Gasteiger partial charge in [0.1, 0.15) is 5.82 Å². The van der Waals surface area contributed by atoms with E-state index in [9.17, 15) is 0 Å². The van der Waals surface area contributed by atoms with E-state index in [0.29, 0.717) is 12.1 Å². The number of pyridine rings is 1. The highest BCUT2D eigenvalue weighted by Gasteiger charge is 2.21. The molecule has 0 aromatic carbocycles. The average molecular weight is 311 g/mol. The van der Waals surface area contributed by atoms with Gasteiger partial charge in [-0.3, -0.25) is 0 Å². The fourth-order valence-electron chi connectivity index (χ4n) is 2.79. The highest BCUT2D eigenvalue weighted by molar-refractivity contribution is 6.31. The van der Waals surface area contributed by atoms with Gasteiger partial charge in [-0.1, -0.05) is 25.4 Å². The van der Waals surface area contributed by atoms with Gasteiger partial charge >= 0.3 is 0 Å². The van der Waals surface area contributed by atoms with Crippen LogP contribution >= 0.6 is 11.6 Å². The van der Waals surface area contributed by atoms with Gasteiger partial charge in [-0.25, -0.2) is 4.98 Å². The van der Waals surface area contributed by atoms with Crippen LogP contribution in [0.25, 0.3) is 0 Å². The van der Waals surface area contributed by atoms with Gasteiger partial charge in [-0.15, -0.1) is 0 Å². The number of halogens is 1. The molecule has 0 amide bonds. The minimum atomic E-state index is 0.448. The van der Waals surface area contributed by atoms with E-state index in [-0.39, 0.29) is 0 Å². The zero-order valence-corrected chi connectivity index (χ0v) is 14.3. The van der Waals surface area contributed by atoms with Crippen molar-refractivity contribution in [1.82, 2.24) is 15.2 Å². The van der Waals surface area contributed by atoms with Crippen molar-refractivity contribution in [3.63, 3.8) is 0 Å². The van der Waals surface area contributed by atoms with E-state index in [1.54, 1.807) is 6.20 Å². The summed E-state index contributed by atoms with van der Waals surface area (Å²) in [7, 11) is 2.19. The molecule has 1 aliphatic rings. The Balaban J connectivity index is 2.16. The molecule has 0 aliphatic carbocycles. The monoisotopic (exact) mass is 310 g/mol. The van der Waals surface area contributed by atoms with Crippen LogP contribution in [0.15, 0.2) is 12.3 Å². The second kappa shape index (κ2) is 7.43. The molecule has 2 rings (SSSR count). The Morgan fingerprint density at radius 1 is 1.43 bits per heavy atom. The van der Waals surface area contributed by atoms with E-state index in [2.05, 4.69) is 54.0 Å². The Hall–Kier alpha value is -0.840. The van der Waals surface area contributed by atoms with Crippen molar-refractivity contribution >= 4 is 17.4 Å². The molecule has 1 unspecified atom stereocenters. The van der Waals surface area contributed by atoms with Crippen LogP contribution in [0, 0.1) is 0 Å². The standard InChI is InChI=1S/C16H27ClN4/c1-12(2)18-9-14-8-16(19-10-15(14)17)21-7-5-6-20(4)11-13(21)3/h8,10,12-13,18H,5-7,9,11H2,1-4H3. The Morgan fingerprint density at radius 2 is 2.19 bits per heavy atom. The van der Waals surface area contributed by atoms with Gasteiger partial charge in [0.15, 0.2) is 0 Å². The molecule has 1 atom stereocenters. The number of aromatic nitrogens is 1. The van der Waals surface area contributed by atoms with Gasteiger partial charge in [0.25, 0.3) is 0 Å². The van der Waals surface area contributed by atoms with Crippen LogP contribution in [-0.4, -0.2) is 48.6 Å². The van der Waals surface area contributed by atoms with Gasteiger partial charge in [-0.05, 0) is 38.6 Å². The van der Waals surface area contributed by atoms with Crippen LogP contribution in [0.5, 0.6) is 0 Å². The third-order valence-electron chi connectivity index (χ3n) is 3.96. The molecule has 1 fully saturated rings. The normalized spacial score (nSPS) is 20.9. The molecule has 1 N–H and O–H groups in total. The van der Waals surface area contributed by atoms with Crippen LogP contribution in [0.1, 0.15) is 32.8 Å². The molecule has 1 saturated heterocycles. The van der Waals surface area contributed by atoms with Crippen LogP contribution in [-0.2, 0) is 6.54 Å². The minimum Gasteiger partial charge on any atom is -0.353 e. The first-order valence-corrected chi connectivity index (χ1v) is 8.18. The molecular formula is C16H27ClN4. The third-order valence-corrected chi connectivity index (χ3v) is 4.30. The van der Waals surface area contributed by atoms with Crippen molar-refractivity contribution in [2.75, 3.05) is 31.6 Å². The van der Waals surface area contributed by atoms with Crippen molar-refractivity contribution in [2.24, 2.45) is 0 Å². The summed E-state index contributed by atoms with van der Waals surface area (Å²) in [5.41, 5.74) is 1.13. The quantitative estimate of drug-likeness (QED) is 0.926. The van der Waals surface area contributed by atoms with E-state index in [0.717, 1.165) is 42.6 Å². The molecule has 1 aliphatic heterocycles. The van der Waals surface area contributed by atoms with Gasteiger partial charge in [-0.2, -0.15) is 0 Å². The topological polar surface area (TPSA) is 31.4 Å². The molecular weight excluding hydrogens is 284 g/mol. The first kappa shape index (κ1) is 16.5. The fourth-order valence-corrected chi connectivity index (χ4v) is 2.96. The number of rotatable bonds is 4. The van der Waals surface area contributed by atoms with Crippen molar-refractivity contribution in [3.05, 3.63) is 22.8 Å². The summed E-state index contributed by atoms with van der Waals surface area (Å²) < 4.78 is 0. The molecule has 5 heteroatoms. The Bertz CT molecular complexity index is 464. The molecule has 0 bridgehead atoms. The highest BCUT2D eigenvalue weighted by atomic mass is 35.5. The van der Waals surface area contributed by atoms with Crippen LogP contribution < -0.4 is 10.2 Å². The number of nitrogens with zero attached hydrogens (tertiary/aromatic N) is 3. The zero-order chi connectivity index (χ0) is 15.4. The van der Waals surface area contributed by atoms with E-state index >= 15 is 0 Å². The smallest absolute Gasteiger partial charge is 0.129 e. The molecule has 0 saturated carbocycles. The lowest BCUT2D eigenvalue weighted by Gasteiger charge is -2.29. The maximum absolute atomic E-state index is 6.28. The summed E-state index contributed by atoms with van der Waals surface area (Å²) in [5, 5.41) is 4.17. The first-order chi connectivity index (χ1) is 9.97. The molecule has 2 heterocycles. The van der Waals surface area contributed by atoms with Crippen molar-refractivity contribution in [1.29, 1.82) is 0 Å². The largest absolute Gasteiger partial charge is 0.353 e.